The normalized spacial score (nSPS) is 10.6. The Morgan fingerprint density at radius 3 is 2.48 bits per heavy atom. The highest BCUT2D eigenvalue weighted by atomic mass is 16.5. The predicted molar refractivity (Wildman–Crippen MR) is 127 cm³/mol. The van der Waals surface area contributed by atoms with Gasteiger partial charge in [-0.2, -0.15) is 5.10 Å². The zero-order chi connectivity index (χ0) is 23.6. The molecular weight excluding hydrogens is 420 g/mol. The van der Waals surface area contributed by atoms with E-state index in [4.69, 9.17) is 9.47 Å². The maximum atomic E-state index is 12.3. The maximum absolute atomic E-state index is 12.3. The van der Waals surface area contributed by atoms with Gasteiger partial charge in [-0.15, -0.1) is 0 Å². The lowest BCUT2D eigenvalue weighted by atomic mass is 10.1. The second-order valence-corrected chi connectivity index (χ2v) is 7.21. The molecule has 8 nitrogen and oxygen atoms in total. The molecule has 0 spiro atoms. The minimum atomic E-state index is -0.339. The fraction of sp³-hybridized carbons (Fsp3) is 0.200. The molecule has 0 unspecified atom stereocenters. The molecular formula is C25H26N4O4. The van der Waals surface area contributed by atoms with Crippen molar-refractivity contribution in [2.45, 2.75) is 20.8 Å². The van der Waals surface area contributed by atoms with Crippen LogP contribution >= 0.6 is 0 Å². The van der Waals surface area contributed by atoms with Crippen LogP contribution in [0.25, 0.3) is 0 Å². The third-order valence-corrected chi connectivity index (χ3v) is 4.74. The molecule has 8 heteroatoms. The smallest absolute Gasteiger partial charge is 0.271 e. The van der Waals surface area contributed by atoms with E-state index in [0.717, 1.165) is 16.8 Å². The van der Waals surface area contributed by atoms with Gasteiger partial charge in [-0.25, -0.2) is 5.43 Å². The van der Waals surface area contributed by atoms with E-state index in [2.05, 4.69) is 20.8 Å². The number of nitrogens with one attached hydrogen (secondary N) is 2. The van der Waals surface area contributed by atoms with E-state index in [0.29, 0.717) is 29.2 Å². The van der Waals surface area contributed by atoms with Crippen molar-refractivity contribution in [2.75, 3.05) is 18.5 Å². The number of hydrogen-bond acceptors (Lipinski definition) is 6. The number of hydrazone groups is 1. The summed E-state index contributed by atoms with van der Waals surface area (Å²) in [6.07, 6.45) is 4.57. The second kappa shape index (κ2) is 11.4. The van der Waals surface area contributed by atoms with E-state index in [1.165, 1.54) is 18.6 Å². The first kappa shape index (κ1) is 23.5. The Kier molecular flexibility index (Phi) is 8.13. The van der Waals surface area contributed by atoms with Gasteiger partial charge >= 0.3 is 0 Å². The van der Waals surface area contributed by atoms with Crippen molar-refractivity contribution in [1.29, 1.82) is 0 Å². The Balaban J connectivity index is 1.60. The number of nitrogens with zero attached hydrogens (tertiary/aromatic N) is 2. The number of amides is 2. The van der Waals surface area contributed by atoms with Gasteiger partial charge in [0.05, 0.1) is 12.8 Å². The van der Waals surface area contributed by atoms with E-state index >= 15 is 0 Å². The van der Waals surface area contributed by atoms with Crippen LogP contribution < -0.4 is 20.2 Å². The molecule has 1 heterocycles. The molecule has 170 valence electrons. The van der Waals surface area contributed by atoms with Crippen LogP contribution in [-0.2, 0) is 4.79 Å². The summed E-state index contributed by atoms with van der Waals surface area (Å²) in [5.74, 6) is 0.296. The average molecular weight is 447 g/mol. The SMILES string of the molecule is CCOc1cc(/C=N/NC(=O)c2ccncc2)ccc1OCC(=O)Nc1ccc(C)c(C)c1. The lowest BCUT2D eigenvalue weighted by Gasteiger charge is -2.13. The van der Waals surface area contributed by atoms with Crippen molar-refractivity contribution in [3.63, 3.8) is 0 Å². The second-order valence-electron chi connectivity index (χ2n) is 7.21. The maximum Gasteiger partial charge on any atom is 0.271 e. The zero-order valence-electron chi connectivity index (χ0n) is 18.8. The topological polar surface area (TPSA) is 102 Å². The lowest BCUT2D eigenvalue weighted by molar-refractivity contribution is -0.118. The van der Waals surface area contributed by atoms with E-state index in [-0.39, 0.29) is 18.4 Å². The summed E-state index contributed by atoms with van der Waals surface area (Å²) in [7, 11) is 0. The Morgan fingerprint density at radius 2 is 1.76 bits per heavy atom. The molecule has 3 aromatic rings. The molecule has 33 heavy (non-hydrogen) atoms. The van der Waals surface area contributed by atoms with Crippen LogP contribution in [0, 0.1) is 13.8 Å². The molecule has 1 aromatic heterocycles. The molecule has 0 radical (unpaired) electrons. The number of benzene rings is 2. The third kappa shape index (κ3) is 6.90. The molecule has 0 aliphatic heterocycles. The molecule has 0 fully saturated rings. The van der Waals surface area contributed by atoms with Crippen LogP contribution in [0.4, 0.5) is 5.69 Å². The van der Waals surface area contributed by atoms with Crippen LogP contribution in [0.1, 0.15) is 34.0 Å². The summed E-state index contributed by atoms with van der Waals surface area (Å²) in [6.45, 7) is 6.12. The van der Waals surface area contributed by atoms with Gasteiger partial charge in [0, 0.05) is 23.6 Å². The van der Waals surface area contributed by atoms with Crippen LogP contribution in [0.3, 0.4) is 0 Å². The molecule has 0 aliphatic carbocycles. The quantitative estimate of drug-likeness (QED) is 0.384. The number of aromatic nitrogens is 1. The standard InChI is InChI=1S/C25H26N4O4/c1-4-32-23-14-19(15-27-29-25(31)20-9-11-26-12-10-20)6-8-22(23)33-16-24(30)28-21-7-5-17(2)18(3)13-21/h5-15H,4,16H2,1-3H3,(H,28,30)(H,29,31)/b27-15+. The largest absolute Gasteiger partial charge is 0.490 e. The highest BCUT2D eigenvalue weighted by molar-refractivity contribution is 5.94. The molecule has 0 atom stereocenters. The van der Waals surface area contributed by atoms with Crippen molar-refractivity contribution in [1.82, 2.24) is 10.4 Å². The molecule has 2 aromatic carbocycles. The summed E-state index contributed by atoms with van der Waals surface area (Å²) in [5, 5.41) is 6.80. The molecule has 3 rings (SSSR count). The fourth-order valence-corrected chi connectivity index (χ4v) is 2.89. The number of rotatable bonds is 9. The molecule has 0 bridgehead atoms. The minimum absolute atomic E-state index is 0.164. The summed E-state index contributed by atoms with van der Waals surface area (Å²) < 4.78 is 11.3. The van der Waals surface area contributed by atoms with E-state index in [1.807, 2.05) is 39.0 Å². The lowest BCUT2D eigenvalue weighted by Crippen LogP contribution is -2.20. The number of carbonyl (C=O) groups is 2. The van der Waals surface area contributed by atoms with Crippen LogP contribution in [0.2, 0.25) is 0 Å². The highest BCUT2D eigenvalue weighted by Crippen LogP contribution is 2.28. The molecule has 0 aliphatic rings. The van der Waals surface area contributed by atoms with Crippen molar-refractivity contribution in [3.8, 4) is 11.5 Å². The first-order valence-corrected chi connectivity index (χ1v) is 10.5. The highest BCUT2D eigenvalue weighted by Gasteiger charge is 2.10. The molecule has 0 saturated carbocycles. The number of hydrogen-bond donors (Lipinski definition) is 2. The van der Waals surface area contributed by atoms with Crippen molar-refractivity contribution < 1.29 is 19.1 Å². The average Bonchev–Trinajstić information content (AvgIpc) is 2.81. The van der Waals surface area contributed by atoms with Gasteiger partial charge < -0.3 is 14.8 Å². The molecule has 2 N–H and O–H groups in total. The zero-order valence-corrected chi connectivity index (χ0v) is 18.8. The Hall–Kier alpha value is -4.20. The number of ether oxygens (including phenoxy) is 2. The molecule has 2 amide bonds. The van der Waals surface area contributed by atoms with Crippen molar-refractivity contribution in [2.24, 2.45) is 5.10 Å². The summed E-state index contributed by atoms with van der Waals surface area (Å²) >= 11 is 0. The van der Waals surface area contributed by atoms with Crippen LogP contribution in [0.15, 0.2) is 66.0 Å². The van der Waals surface area contributed by atoms with Crippen molar-refractivity contribution in [3.05, 3.63) is 83.2 Å². The summed E-state index contributed by atoms with van der Waals surface area (Å²) in [5.41, 5.74) is 6.59. The summed E-state index contributed by atoms with van der Waals surface area (Å²) in [4.78, 5) is 28.2. The number of anilines is 1. The van der Waals surface area contributed by atoms with E-state index < -0.39 is 0 Å². The van der Waals surface area contributed by atoms with Gasteiger partial charge in [0.1, 0.15) is 0 Å². The summed E-state index contributed by atoms with van der Waals surface area (Å²) in [6, 6.07) is 14.1. The van der Waals surface area contributed by atoms with Crippen LogP contribution in [0.5, 0.6) is 11.5 Å². The Bertz CT molecular complexity index is 1150. The van der Waals surface area contributed by atoms with Gasteiger partial charge in [-0.3, -0.25) is 14.6 Å². The van der Waals surface area contributed by atoms with Gasteiger partial charge in [0.2, 0.25) is 0 Å². The fourth-order valence-electron chi connectivity index (χ4n) is 2.89. The van der Waals surface area contributed by atoms with Gasteiger partial charge in [0.25, 0.3) is 11.8 Å². The minimum Gasteiger partial charge on any atom is -0.490 e. The van der Waals surface area contributed by atoms with Gasteiger partial charge in [-0.05, 0) is 79.9 Å². The van der Waals surface area contributed by atoms with Gasteiger partial charge in [-0.1, -0.05) is 6.07 Å². The number of pyridine rings is 1. The Labute approximate surface area is 192 Å². The van der Waals surface area contributed by atoms with Gasteiger partial charge in [0.15, 0.2) is 18.1 Å². The molecule has 0 saturated heterocycles. The van der Waals surface area contributed by atoms with E-state index in [9.17, 15) is 9.59 Å². The van der Waals surface area contributed by atoms with Crippen molar-refractivity contribution >= 4 is 23.7 Å². The first-order chi connectivity index (χ1) is 16.0. The third-order valence-electron chi connectivity index (χ3n) is 4.74. The van der Waals surface area contributed by atoms with E-state index in [1.54, 1.807) is 30.3 Å². The Morgan fingerprint density at radius 1 is 0.970 bits per heavy atom. The van der Waals surface area contributed by atoms with Crippen LogP contribution in [-0.4, -0.2) is 36.2 Å². The monoisotopic (exact) mass is 446 g/mol. The number of carbonyl (C=O) groups excluding carboxylic acids is 2. The predicted octanol–water partition coefficient (Wildman–Crippen LogP) is 3.88. The first-order valence-electron chi connectivity index (χ1n) is 10.5. The number of aryl methyl sites for hydroxylation is 2.